The van der Waals surface area contributed by atoms with E-state index in [1.54, 1.807) is 17.0 Å². The van der Waals surface area contributed by atoms with Gasteiger partial charge in [0.2, 0.25) is 11.8 Å². The summed E-state index contributed by atoms with van der Waals surface area (Å²) >= 11 is 1.23. The smallest absolute Gasteiger partial charge is 0.237 e. The minimum atomic E-state index is -0.478. The Balaban J connectivity index is 1.61. The van der Waals surface area contributed by atoms with Crippen LogP contribution in [0, 0.1) is 5.82 Å². The second kappa shape index (κ2) is 10.8. The topological polar surface area (TPSA) is 94.1 Å². The van der Waals surface area contributed by atoms with Gasteiger partial charge in [0, 0.05) is 29.9 Å². The summed E-state index contributed by atoms with van der Waals surface area (Å²) in [4.78, 5) is 26.0. The van der Waals surface area contributed by atoms with E-state index in [1.807, 2.05) is 65.2 Å². The SMILES string of the molecule is NC(=O)CCN(C(=O)CSc1nnc(-c2ccc(F)cc2)n1-c1ccccc1)c1ccccc1. The van der Waals surface area contributed by atoms with Gasteiger partial charge in [-0.05, 0) is 48.5 Å². The monoisotopic (exact) mass is 475 g/mol. The van der Waals surface area contributed by atoms with Gasteiger partial charge >= 0.3 is 0 Å². The van der Waals surface area contributed by atoms with Crippen LogP contribution in [0.15, 0.2) is 90.1 Å². The number of rotatable bonds is 9. The van der Waals surface area contributed by atoms with E-state index in [2.05, 4.69) is 10.2 Å². The third-order valence-electron chi connectivity index (χ3n) is 5.03. The average Bonchev–Trinajstić information content (AvgIpc) is 3.28. The molecule has 2 N–H and O–H groups in total. The van der Waals surface area contributed by atoms with Gasteiger partial charge in [-0.1, -0.05) is 48.2 Å². The number of anilines is 1. The summed E-state index contributed by atoms with van der Waals surface area (Å²) < 4.78 is 15.3. The van der Waals surface area contributed by atoms with Crippen molar-refractivity contribution < 1.29 is 14.0 Å². The number of para-hydroxylation sites is 2. The van der Waals surface area contributed by atoms with Crippen LogP contribution in [0.1, 0.15) is 6.42 Å². The van der Waals surface area contributed by atoms with Crippen LogP contribution in [0.2, 0.25) is 0 Å². The van der Waals surface area contributed by atoms with Crippen molar-refractivity contribution >= 4 is 29.3 Å². The van der Waals surface area contributed by atoms with Crippen LogP contribution >= 0.6 is 11.8 Å². The quantitative estimate of drug-likeness (QED) is 0.368. The highest BCUT2D eigenvalue weighted by molar-refractivity contribution is 7.99. The lowest BCUT2D eigenvalue weighted by Gasteiger charge is -2.22. The molecule has 7 nitrogen and oxygen atoms in total. The highest BCUT2D eigenvalue weighted by Crippen LogP contribution is 2.28. The fourth-order valence-electron chi connectivity index (χ4n) is 3.39. The lowest BCUT2D eigenvalue weighted by Crippen LogP contribution is -2.35. The lowest BCUT2D eigenvalue weighted by molar-refractivity contribution is -0.118. The van der Waals surface area contributed by atoms with Crippen LogP contribution < -0.4 is 10.6 Å². The van der Waals surface area contributed by atoms with Gasteiger partial charge < -0.3 is 10.6 Å². The molecule has 0 aliphatic carbocycles. The third-order valence-corrected chi connectivity index (χ3v) is 5.94. The molecular weight excluding hydrogens is 453 g/mol. The van der Waals surface area contributed by atoms with E-state index in [0.717, 1.165) is 5.69 Å². The molecule has 9 heteroatoms. The van der Waals surface area contributed by atoms with Gasteiger partial charge in [0.1, 0.15) is 5.82 Å². The van der Waals surface area contributed by atoms with Crippen LogP contribution in [0.4, 0.5) is 10.1 Å². The van der Waals surface area contributed by atoms with Crippen molar-refractivity contribution in [2.45, 2.75) is 11.6 Å². The van der Waals surface area contributed by atoms with E-state index in [9.17, 15) is 14.0 Å². The zero-order valence-electron chi connectivity index (χ0n) is 18.2. The Bertz CT molecular complexity index is 1260. The van der Waals surface area contributed by atoms with E-state index in [1.165, 1.54) is 23.9 Å². The Morgan fingerprint density at radius 3 is 2.21 bits per heavy atom. The van der Waals surface area contributed by atoms with Crippen LogP contribution in [0.3, 0.4) is 0 Å². The first-order chi connectivity index (χ1) is 16.5. The molecule has 0 saturated carbocycles. The van der Waals surface area contributed by atoms with Crippen molar-refractivity contribution in [1.29, 1.82) is 0 Å². The zero-order chi connectivity index (χ0) is 23.9. The summed E-state index contributed by atoms with van der Waals surface area (Å²) in [6.07, 6.45) is 0.0558. The third kappa shape index (κ3) is 5.49. The molecule has 34 heavy (non-hydrogen) atoms. The molecule has 2 amide bonds. The predicted molar refractivity (Wildman–Crippen MR) is 130 cm³/mol. The van der Waals surface area contributed by atoms with Crippen molar-refractivity contribution in [1.82, 2.24) is 14.8 Å². The molecule has 0 aliphatic rings. The van der Waals surface area contributed by atoms with Gasteiger partial charge in [0.25, 0.3) is 0 Å². The number of halogens is 1. The van der Waals surface area contributed by atoms with Gasteiger partial charge in [-0.15, -0.1) is 10.2 Å². The minimum Gasteiger partial charge on any atom is -0.370 e. The Labute approximate surface area is 200 Å². The Hall–Kier alpha value is -3.98. The van der Waals surface area contributed by atoms with Gasteiger partial charge in [-0.25, -0.2) is 4.39 Å². The number of amides is 2. The van der Waals surface area contributed by atoms with Gasteiger partial charge in [-0.2, -0.15) is 0 Å². The number of hydrogen-bond donors (Lipinski definition) is 1. The van der Waals surface area contributed by atoms with Gasteiger partial charge in [0.05, 0.1) is 5.75 Å². The van der Waals surface area contributed by atoms with E-state index >= 15 is 0 Å². The first-order valence-corrected chi connectivity index (χ1v) is 11.5. The summed E-state index contributed by atoms with van der Waals surface area (Å²) in [7, 11) is 0. The van der Waals surface area contributed by atoms with Crippen molar-refractivity contribution in [2.24, 2.45) is 5.73 Å². The molecule has 4 rings (SSSR count). The maximum absolute atomic E-state index is 13.5. The Kier molecular flexibility index (Phi) is 7.34. The number of thioether (sulfide) groups is 1. The number of primary amides is 1. The highest BCUT2D eigenvalue weighted by atomic mass is 32.2. The second-order valence-corrected chi connectivity index (χ2v) is 8.31. The van der Waals surface area contributed by atoms with E-state index in [-0.39, 0.29) is 30.4 Å². The van der Waals surface area contributed by atoms with Crippen molar-refractivity contribution in [3.8, 4) is 17.1 Å². The lowest BCUT2D eigenvalue weighted by atomic mass is 10.2. The van der Waals surface area contributed by atoms with Crippen LogP contribution in [-0.4, -0.2) is 38.9 Å². The van der Waals surface area contributed by atoms with E-state index in [0.29, 0.717) is 22.2 Å². The zero-order valence-corrected chi connectivity index (χ0v) is 19.0. The first-order valence-electron chi connectivity index (χ1n) is 10.6. The number of carbonyl (C=O) groups excluding carboxylic acids is 2. The highest BCUT2D eigenvalue weighted by Gasteiger charge is 2.21. The van der Waals surface area contributed by atoms with Crippen molar-refractivity contribution in [3.63, 3.8) is 0 Å². The molecule has 1 heterocycles. The summed E-state index contributed by atoms with van der Waals surface area (Å²) in [5.41, 5.74) is 7.51. The van der Waals surface area contributed by atoms with Gasteiger partial charge in [0.15, 0.2) is 11.0 Å². The maximum Gasteiger partial charge on any atom is 0.237 e. The standard InChI is InChI=1S/C25H22FN5O2S/c26-19-13-11-18(12-14-19)24-28-29-25(31(24)21-9-5-2-6-10-21)34-17-23(33)30(16-15-22(27)32)20-7-3-1-4-8-20/h1-14H,15-17H2,(H2,27,32). The molecule has 0 atom stereocenters. The molecule has 0 saturated heterocycles. The summed E-state index contributed by atoms with van der Waals surface area (Å²) in [6, 6.07) is 24.6. The Morgan fingerprint density at radius 2 is 1.56 bits per heavy atom. The van der Waals surface area contributed by atoms with E-state index in [4.69, 9.17) is 5.73 Å². The predicted octanol–water partition coefficient (Wildman–Crippen LogP) is 4.07. The summed E-state index contributed by atoms with van der Waals surface area (Å²) in [5.74, 6) is -0.402. The average molecular weight is 476 g/mol. The number of aromatic nitrogens is 3. The normalized spacial score (nSPS) is 10.7. The van der Waals surface area contributed by atoms with Crippen molar-refractivity contribution in [2.75, 3.05) is 17.2 Å². The van der Waals surface area contributed by atoms with Crippen LogP contribution in [-0.2, 0) is 9.59 Å². The molecule has 0 unspecified atom stereocenters. The van der Waals surface area contributed by atoms with Crippen LogP contribution in [0.5, 0.6) is 0 Å². The van der Waals surface area contributed by atoms with Crippen LogP contribution in [0.25, 0.3) is 17.1 Å². The molecule has 0 spiro atoms. The molecule has 0 radical (unpaired) electrons. The molecule has 0 aliphatic heterocycles. The Morgan fingerprint density at radius 1 is 0.912 bits per heavy atom. The molecule has 0 bridgehead atoms. The fourth-order valence-corrected chi connectivity index (χ4v) is 4.22. The fraction of sp³-hybridized carbons (Fsp3) is 0.120. The number of benzene rings is 3. The largest absolute Gasteiger partial charge is 0.370 e. The maximum atomic E-state index is 13.5. The molecule has 1 aromatic heterocycles. The number of hydrogen-bond acceptors (Lipinski definition) is 5. The number of carbonyl (C=O) groups is 2. The number of nitrogens with two attached hydrogens (primary N) is 1. The van der Waals surface area contributed by atoms with E-state index < -0.39 is 5.91 Å². The molecule has 0 fully saturated rings. The molecule has 4 aromatic rings. The number of nitrogens with zero attached hydrogens (tertiary/aromatic N) is 4. The van der Waals surface area contributed by atoms with Gasteiger partial charge in [-0.3, -0.25) is 14.2 Å². The summed E-state index contributed by atoms with van der Waals surface area (Å²) in [6.45, 7) is 0.185. The first kappa shape index (κ1) is 23.2. The second-order valence-electron chi connectivity index (χ2n) is 7.37. The molecule has 172 valence electrons. The molecule has 3 aromatic carbocycles. The molecular formula is C25H22FN5O2S. The van der Waals surface area contributed by atoms with Crippen molar-refractivity contribution in [3.05, 3.63) is 90.7 Å². The minimum absolute atomic E-state index is 0.0558. The summed E-state index contributed by atoms with van der Waals surface area (Å²) in [5, 5.41) is 9.14.